The highest BCUT2D eigenvalue weighted by atomic mass is 35.5. The van der Waals surface area contributed by atoms with Crippen molar-refractivity contribution >= 4 is 24.3 Å². The molecule has 90 valence electrons. The zero-order valence-corrected chi connectivity index (χ0v) is 9.68. The van der Waals surface area contributed by atoms with E-state index in [2.05, 4.69) is 9.47 Å². The van der Waals surface area contributed by atoms with E-state index in [0.29, 0.717) is 19.4 Å². The lowest BCUT2D eigenvalue weighted by molar-refractivity contribution is -0.167. The first-order valence-corrected chi connectivity index (χ1v) is 4.72. The minimum atomic E-state index is -0.389. The largest absolute Gasteiger partial charge is 0.428 e. The molecule has 0 unspecified atom stereocenters. The second-order valence-electron chi connectivity index (χ2n) is 2.79. The van der Waals surface area contributed by atoms with Crippen molar-refractivity contribution in [1.82, 2.24) is 0 Å². The van der Waals surface area contributed by atoms with Crippen LogP contribution in [0.1, 0.15) is 32.6 Å². The number of rotatable bonds is 7. The summed E-state index contributed by atoms with van der Waals surface area (Å²) in [7, 11) is 0. The molecule has 0 spiro atoms. The number of hydrogen-bond donors (Lipinski definition) is 1. The maximum absolute atomic E-state index is 10.9. The number of esters is 2. The first-order valence-electron chi connectivity index (χ1n) is 4.72. The summed E-state index contributed by atoms with van der Waals surface area (Å²) in [6, 6.07) is 0. The molecule has 15 heavy (non-hydrogen) atoms. The molecule has 5 nitrogen and oxygen atoms in total. The molecule has 0 atom stereocenters. The van der Waals surface area contributed by atoms with Crippen molar-refractivity contribution in [1.29, 1.82) is 0 Å². The Morgan fingerprint density at radius 3 is 2.13 bits per heavy atom. The topological polar surface area (TPSA) is 78.6 Å². The zero-order valence-electron chi connectivity index (χ0n) is 8.86. The van der Waals surface area contributed by atoms with Crippen molar-refractivity contribution in [3.05, 3.63) is 0 Å². The van der Waals surface area contributed by atoms with Crippen LogP contribution in [0, 0.1) is 0 Å². The van der Waals surface area contributed by atoms with E-state index in [1.807, 2.05) is 6.92 Å². The van der Waals surface area contributed by atoms with Gasteiger partial charge in [-0.25, -0.2) is 0 Å². The van der Waals surface area contributed by atoms with Gasteiger partial charge >= 0.3 is 11.9 Å². The molecular weight excluding hydrogens is 222 g/mol. The molecule has 0 aliphatic carbocycles. The van der Waals surface area contributed by atoms with E-state index in [4.69, 9.17) is 5.73 Å². The first-order chi connectivity index (χ1) is 6.70. The molecule has 0 aromatic rings. The van der Waals surface area contributed by atoms with Crippen LogP contribution < -0.4 is 5.73 Å². The SMILES string of the molecule is CCCC(=O)OCOC(=O)CCCN.Cl. The molecule has 0 fully saturated rings. The fourth-order valence-electron chi connectivity index (χ4n) is 0.756. The lowest BCUT2D eigenvalue weighted by atomic mass is 10.3. The van der Waals surface area contributed by atoms with Gasteiger partial charge in [-0.05, 0) is 19.4 Å². The molecule has 0 aliphatic heterocycles. The van der Waals surface area contributed by atoms with Crippen LogP contribution in [-0.4, -0.2) is 25.3 Å². The Balaban J connectivity index is 0. The monoisotopic (exact) mass is 239 g/mol. The summed E-state index contributed by atoms with van der Waals surface area (Å²) in [5.41, 5.74) is 5.20. The van der Waals surface area contributed by atoms with Gasteiger partial charge in [-0.1, -0.05) is 6.92 Å². The van der Waals surface area contributed by atoms with E-state index < -0.39 is 0 Å². The average Bonchev–Trinajstić information content (AvgIpc) is 2.15. The average molecular weight is 240 g/mol. The van der Waals surface area contributed by atoms with Gasteiger partial charge in [0, 0.05) is 12.8 Å². The van der Waals surface area contributed by atoms with E-state index in [9.17, 15) is 9.59 Å². The van der Waals surface area contributed by atoms with Crippen LogP contribution in [-0.2, 0) is 19.1 Å². The second kappa shape index (κ2) is 11.3. The normalized spacial score (nSPS) is 8.93. The lowest BCUT2D eigenvalue weighted by Crippen LogP contribution is -2.13. The molecule has 0 aromatic heterocycles. The van der Waals surface area contributed by atoms with Crippen molar-refractivity contribution in [3.8, 4) is 0 Å². The molecule has 0 radical (unpaired) electrons. The van der Waals surface area contributed by atoms with Crippen LogP contribution in [0.4, 0.5) is 0 Å². The lowest BCUT2D eigenvalue weighted by Gasteiger charge is -2.04. The Morgan fingerprint density at radius 1 is 1.13 bits per heavy atom. The van der Waals surface area contributed by atoms with Crippen LogP contribution in [0.15, 0.2) is 0 Å². The second-order valence-corrected chi connectivity index (χ2v) is 2.79. The Bertz CT molecular complexity index is 187. The van der Waals surface area contributed by atoms with Gasteiger partial charge in [0.1, 0.15) is 0 Å². The summed E-state index contributed by atoms with van der Waals surface area (Å²) >= 11 is 0. The van der Waals surface area contributed by atoms with Crippen LogP contribution in [0.25, 0.3) is 0 Å². The number of halogens is 1. The summed E-state index contributed by atoms with van der Waals surface area (Å²) in [4.78, 5) is 21.7. The van der Waals surface area contributed by atoms with Crippen molar-refractivity contribution < 1.29 is 19.1 Å². The van der Waals surface area contributed by atoms with Gasteiger partial charge in [-0.15, -0.1) is 12.4 Å². The maximum atomic E-state index is 10.9. The standard InChI is InChI=1S/C9H17NO4.ClH/c1-2-4-8(11)13-7-14-9(12)5-3-6-10;/h2-7,10H2,1H3;1H. The Labute approximate surface area is 95.7 Å². The first kappa shape index (κ1) is 16.6. The van der Waals surface area contributed by atoms with E-state index in [1.54, 1.807) is 0 Å². The summed E-state index contributed by atoms with van der Waals surface area (Å²) in [6.45, 7) is 2.03. The van der Waals surface area contributed by atoms with Gasteiger partial charge in [0.2, 0.25) is 6.79 Å². The number of carbonyl (C=O) groups excluding carboxylic acids is 2. The van der Waals surface area contributed by atoms with Crippen LogP contribution >= 0.6 is 12.4 Å². The van der Waals surface area contributed by atoms with Gasteiger partial charge in [0.05, 0.1) is 0 Å². The van der Waals surface area contributed by atoms with Gasteiger partial charge in [-0.2, -0.15) is 0 Å². The Kier molecular flexibility index (Phi) is 12.5. The molecular formula is C9H18ClNO4. The Hall–Kier alpha value is -0.810. The number of ether oxygens (including phenoxy) is 2. The van der Waals surface area contributed by atoms with E-state index in [-0.39, 0.29) is 37.6 Å². The third-order valence-corrected chi connectivity index (χ3v) is 1.48. The fraction of sp³-hybridized carbons (Fsp3) is 0.778. The summed E-state index contributed by atoms with van der Waals surface area (Å²) in [5, 5.41) is 0. The van der Waals surface area contributed by atoms with Crippen LogP contribution in [0.5, 0.6) is 0 Å². The minimum absolute atomic E-state index is 0. The highest BCUT2D eigenvalue weighted by molar-refractivity contribution is 5.85. The molecule has 0 aliphatic rings. The van der Waals surface area contributed by atoms with Crippen LogP contribution in [0.3, 0.4) is 0 Å². The van der Waals surface area contributed by atoms with Gasteiger partial charge in [-0.3, -0.25) is 9.59 Å². The maximum Gasteiger partial charge on any atom is 0.308 e. The smallest absolute Gasteiger partial charge is 0.308 e. The van der Waals surface area contributed by atoms with Gasteiger partial charge in [0.25, 0.3) is 0 Å². The summed E-state index contributed by atoms with van der Waals surface area (Å²) in [6.07, 6.45) is 1.92. The minimum Gasteiger partial charge on any atom is -0.428 e. The number of hydrogen-bond acceptors (Lipinski definition) is 5. The van der Waals surface area contributed by atoms with Crippen LogP contribution in [0.2, 0.25) is 0 Å². The predicted octanol–water partition coefficient (Wildman–Crippen LogP) is 0.991. The molecule has 0 rings (SSSR count). The van der Waals surface area contributed by atoms with Gasteiger partial charge in [0.15, 0.2) is 0 Å². The summed E-state index contributed by atoms with van der Waals surface area (Å²) < 4.78 is 9.24. The van der Waals surface area contributed by atoms with Crippen molar-refractivity contribution in [2.45, 2.75) is 32.6 Å². The van der Waals surface area contributed by atoms with E-state index in [0.717, 1.165) is 6.42 Å². The molecule has 6 heteroatoms. The third-order valence-electron chi connectivity index (χ3n) is 1.48. The summed E-state index contributed by atoms with van der Waals surface area (Å²) in [5.74, 6) is -0.737. The van der Waals surface area contributed by atoms with E-state index >= 15 is 0 Å². The third kappa shape index (κ3) is 11.1. The highest BCUT2D eigenvalue weighted by Crippen LogP contribution is 1.94. The number of carbonyl (C=O) groups is 2. The quantitative estimate of drug-likeness (QED) is 0.530. The molecule has 0 heterocycles. The highest BCUT2D eigenvalue weighted by Gasteiger charge is 2.04. The van der Waals surface area contributed by atoms with Crippen molar-refractivity contribution in [3.63, 3.8) is 0 Å². The molecule has 0 saturated carbocycles. The van der Waals surface area contributed by atoms with Crippen molar-refractivity contribution in [2.24, 2.45) is 5.73 Å². The molecule has 0 aromatic carbocycles. The molecule has 2 N–H and O–H groups in total. The molecule has 0 saturated heterocycles. The van der Waals surface area contributed by atoms with Crippen molar-refractivity contribution in [2.75, 3.05) is 13.3 Å². The number of nitrogens with two attached hydrogens (primary N) is 1. The van der Waals surface area contributed by atoms with E-state index in [1.165, 1.54) is 0 Å². The van der Waals surface area contributed by atoms with Gasteiger partial charge < -0.3 is 15.2 Å². The molecule has 0 amide bonds. The predicted molar refractivity (Wildman–Crippen MR) is 57.5 cm³/mol. The molecule has 0 bridgehead atoms. The fourth-order valence-corrected chi connectivity index (χ4v) is 0.756. The Morgan fingerprint density at radius 2 is 1.67 bits per heavy atom. The zero-order chi connectivity index (χ0) is 10.8.